The lowest BCUT2D eigenvalue weighted by atomic mass is 10.4. The summed E-state index contributed by atoms with van der Waals surface area (Å²) in [4.78, 5) is 11.1. The zero-order valence-corrected chi connectivity index (χ0v) is 12.8. The van der Waals surface area contributed by atoms with Crippen molar-refractivity contribution >= 4 is 25.8 Å². The van der Waals surface area contributed by atoms with Crippen molar-refractivity contribution in [3.63, 3.8) is 0 Å². The van der Waals surface area contributed by atoms with E-state index in [2.05, 4.69) is 9.46 Å². The molecule has 0 aromatic heterocycles. The first-order valence-corrected chi connectivity index (χ1v) is 8.85. The first-order chi connectivity index (χ1) is 9.08. The average Bonchev–Trinajstić information content (AvgIpc) is 2.36. The Hall–Kier alpha value is -1.45. The summed E-state index contributed by atoms with van der Waals surface area (Å²) in [6.07, 6.45) is 1.02. The van der Waals surface area contributed by atoms with Crippen LogP contribution in [0.15, 0.2) is 34.1 Å². The number of ether oxygens (including phenoxy) is 1. The zero-order chi connectivity index (χ0) is 15.6. The summed E-state index contributed by atoms with van der Waals surface area (Å²) in [5, 5.41) is 0. The van der Waals surface area contributed by atoms with Gasteiger partial charge in [0.15, 0.2) is 9.84 Å². The third-order valence-corrected chi connectivity index (χ3v) is 5.13. The molecule has 1 N–H and O–H groups in total. The summed E-state index contributed by atoms with van der Waals surface area (Å²) in [7, 11) is -6.17. The number of benzene rings is 1. The van der Waals surface area contributed by atoms with Gasteiger partial charge >= 0.3 is 5.97 Å². The number of rotatable bonds is 5. The van der Waals surface area contributed by atoms with Gasteiger partial charge in [0.25, 0.3) is 0 Å². The van der Waals surface area contributed by atoms with Crippen LogP contribution in [0.2, 0.25) is 0 Å². The maximum atomic E-state index is 12.0. The lowest BCUT2D eigenvalue weighted by molar-refractivity contribution is -0.142. The van der Waals surface area contributed by atoms with E-state index in [1.54, 1.807) is 0 Å². The van der Waals surface area contributed by atoms with Crippen molar-refractivity contribution in [1.29, 1.82) is 0 Å². The molecular weight excluding hydrogens is 306 g/mol. The molecule has 0 aliphatic heterocycles. The molecule has 0 fully saturated rings. The van der Waals surface area contributed by atoms with Gasteiger partial charge in [-0.1, -0.05) is 0 Å². The molecule has 0 radical (unpaired) electrons. The highest BCUT2D eigenvalue weighted by molar-refractivity contribution is 7.90. The Bertz CT molecular complexity index is 691. The minimum absolute atomic E-state index is 0.0115. The number of nitrogens with one attached hydrogen (secondary N) is 1. The maximum absolute atomic E-state index is 12.0. The Morgan fingerprint density at radius 3 is 1.95 bits per heavy atom. The Labute approximate surface area is 117 Å². The molecule has 0 amide bonds. The lowest BCUT2D eigenvalue weighted by Gasteiger charge is -2.12. The van der Waals surface area contributed by atoms with Crippen LogP contribution in [0.25, 0.3) is 0 Å². The van der Waals surface area contributed by atoms with Crippen LogP contribution < -0.4 is 4.72 Å². The molecule has 0 aliphatic rings. The van der Waals surface area contributed by atoms with Gasteiger partial charge in [-0.15, -0.1) is 0 Å². The molecule has 0 bridgehead atoms. The number of hydrogen-bond donors (Lipinski definition) is 1. The van der Waals surface area contributed by atoms with E-state index >= 15 is 0 Å². The second-order valence-corrected chi connectivity index (χ2v) is 7.84. The standard InChI is InChI=1S/C11H15NO6S2/c1-8(11(13)18-2)12-20(16,17)10-6-4-9(5-7-10)19(3,14)15/h4-8,12H,1-3H3. The van der Waals surface area contributed by atoms with E-state index in [9.17, 15) is 21.6 Å². The van der Waals surface area contributed by atoms with Gasteiger partial charge in [-0.2, -0.15) is 4.72 Å². The number of sulfone groups is 1. The molecule has 1 aromatic rings. The Balaban J connectivity index is 3.03. The monoisotopic (exact) mass is 321 g/mol. The van der Waals surface area contributed by atoms with Gasteiger partial charge in [-0.25, -0.2) is 16.8 Å². The zero-order valence-electron chi connectivity index (χ0n) is 11.2. The molecule has 1 unspecified atom stereocenters. The van der Waals surface area contributed by atoms with Gasteiger partial charge in [-0.05, 0) is 31.2 Å². The summed E-state index contributed by atoms with van der Waals surface area (Å²) in [5.41, 5.74) is 0. The molecule has 0 heterocycles. The highest BCUT2D eigenvalue weighted by Gasteiger charge is 2.22. The Morgan fingerprint density at radius 2 is 1.55 bits per heavy atom. The quantitative estimate of drug-likeness (QED) is 0.761. The molecule has 0 saturated heterocycles. The van der Waals surface area contributed by atoms with Gasteiger partial charge in [0.1, 0.15) is 6.04 Å². The van der Waals surface area contributed by atoms with Gasteiger partial charge in [-0.3, -0.25) is 4.79 Å². The van der Waals surface area contributed by atoms with E-state index in [0.717, 1.165) is 25.5 Å². The van der Waals surface area contributed by atoms with E-state index < -0.39 is 31.9 Å². The largest absolute Gasteiger partial charge is 0.468 e. The van der Waals surface area contributed by atoms with Crippen LogP contribution >= 0.6 is 0 Å². The van der Waals surface area contributed by atoms with E-state index in [1.165, 1.54) is 19.1 Å². The average molecular weight is 321 g/mol. The second kappa shape index (κ2) is 5.90. The first kappa shape index (κ1) is 16.6. The van der Waals surface area contributed by atoms with Crippen LogP contribution in [-0.2, 0) is 29.4 Å². The van der Waals surface area contributed by atoms with Crippen molar-refractivity contribution < 1.29 is 26.4 Å². The number of carbonyl (C=O) groups excluding carboxylic acids is 1. The summed E-state index contributed by atoms with van der Waals surface area (Å²) in [6.45, 7) is 1.34. The minimum atomic E-state index is -3.92. The van der Waals surface area contributed by atoms with Crippen LogP contribution in [-0.4, -0.2) is 42.2 Å². The van der Waals surface area contributed by atoms with Crippen molar-refractivity contribution in [1.82, 2.24) is 4.72 Å². The molecule has 0 saturated carbocycles. The van der Waals surface area contributed by atoms with Crippen LogP contribution in [0.4, 0.5) is 0 Å². The van der Waals surface area contributed by atoms with Gasteiger partial charge < -0.3 is 4.74 Å². The second-order valence-electron chi connectivity index (χ2n) is 4.11. The fraction of sp³-hybridized carbons (Fsp3) is 0.364. The lowest BCUT2D eigenvalue weighted by Crippen LogP contribution is -2.39. The van der Waals surface area contributed by atoms with Gasteiger partial charge in [0.2, 0.25) is 10.0 Å². The van der Waals surface area contributed by atoms with Crippen molar-refractivity contribution in [2.45, 2.75) is 22.8 Å². The SMILES string of the molecule is COC(=O)C(C)NS(=O)(=O)c1ccc(S(C)(=O)=O)cc1. The third kappa shape index (κ3) is 4.02. The fourth-order valence-corrected chi connectivity index (χ4v) is 3.21. The van der Waals surface area contributed by atoms with E-state index in [4.69, 9.17) is 0 Å². The molecule has 7 nitrogen and oxygen atoms in total. The highest BCUT2D eigenvalue weighted by atomic mass is 32.2. The van der Waals surface area contributed by atoms with Crippen molar-refractivity contribution in [2.24, 2.45) is 0 Å². The predicted octanol–water partition coefficient (Wildman–Crippen LogP) is -0.0701. The summed E-state index contributed by atoms with van der Waals surface area (Å²) < 4.78 is 53.0. The van der Waals surface area contributed by atoms with E-state index in [-0.39, 0.29) is 9.79 Å². The molecule has 112 valence electrons. The number of esters is 1. The summed E-state index contributed by atoms with van der Waals surface area (Å²) in [5.74, 6) is -0.721. The van der Waals surface area contributed by atoms with E-state index in [1.807, 2.05) is 0 Å². The van der Waals surface area contributed by atoms with Crippen molar-refractivity contribution in [3.05, 3.63) is 24.3 Å². The molecule has 9 heteroatoms. The molecule has 1 aromatic carbocycles. The third-order valence-electron chi connectivity index (χ3n) is 2.45. The molecule has 0 spiro atoms. The molecule has 20 heavy (non-hydrogen) atoms. The minimum Gasteiger partial charge on any atom is -0.468 e. The molecule has 1 rings (SSSR count). The summed E-state index contributed by atoms with van der Waals surface area (Å²) in [6, 6.07) is 3.64. The normalized spacial score (nSPS) is 13.8. The van der Waals surface area contributed by atoms with Gasteiger partial charge in [0.05, 0.1) is 16.9 Å². The van der Waals surface area contributed by atoms with Crippen LogP contribution in [0.3, 0.4) is 0 Å². The highest BCUT2D eigenvalue weighted by Crippen LogP contribution is 2.14. The van der Waals surface area contributed by atoms with Crippen molar-refractivity contribution in [3.8, 4) is 0 Å². The first-order valence-electron chi connectivity index (χ1n) is 5.48. The van der Waals surface area contributed by atoms with Crippen LogP contribution in [0.5, 0.6) is 0 Å². The Kier molecular flexibility index (Phi) is 4.90. The van der Waals surface area contributed by atoms with Gasteiger partial charge in [0, 0.05) is 6.26 Å². The number of methoxy groups -OCH3 is 1. The Morgan fingerprint density at radius 1 is 1.10 bits per heavy atom. The molecular formula is C11H15NO6S2. The smallest absolute Gasteiger partial charge is 0.323 e. The van der Waals surface area contributed by atoms with Crippen LogP contribution in [0.1, 0.15) is 6.92 Å². The molecule has 0 aliphatic carbocycles. The fourth-order valence-electron chi connectivity index (χ4n) is 1.39. The summed E-state index contributed by atoms with van der Waals surface area (Å²) >= 11 is 0. The predicted molar refractivity (Wildman–Crippen MR) is 71.4 cm³/mol. The number of carbonyl (C=O) groups is 1. The number of hydrogen-bond acceptors (Lipinski definition) is 6. The topological polar surface area (TPSA) is 107 Å². The van der Waals surface area contributed by atoms with Crippen LogP contribution in [0, 0.1) is 0 Å². The van der Waals surface area contributed by atoms with E-state index in [0.29, 0.717) is 0 Å². The maximum Gasteiger partial charge on any atom is 0.323 e. The number of sulfonamides is 1. The van der Waals surface area contributed by atoms with Crippen molar-refractivity contribution in [2.75, 3.05) is 13.4 Å². The molecule has 1 atom stereocenters.